The quantitative estimate of drug-likeness (QED) is 0.0401. The van der Waals surface area contributed by atoms with Gasteiger partial charge >= 0.3 is 11.9 Å². The van der Waals surface area contributed by atoms with E-state index in [0.29, 0.717) is 11.3 Å². The fourth-order valence-corrected chi connectivity index (χ4v) is 6.32. The number of para-hydroxylation sites is 1. The lowest BCUT2D eigenvalue weighted by atomic mass is 10.0. The van der Waals surface area contributed by atoms with Gasteiger partial charge in [-0.15, -0.1) is 0 Å². The first kappa shape index (κ1) is 48.7. The molecule has 2 heterocycles. The molecule has 23 heteroatoms. The highest BCUT2D eigenvalue weighted by atomic mass is 32.1. The van der Waals surface area contributed by atoms with Crippen LogP contribution in [-0.2, 0) is 51.2 Å². The van der Waals surface area contributed by atoms with Gasteiger partial charge in [-0.3, -0.25) is 33.6 Å². The van der Waals surface area contributed by atoms with Crippen molar-refractivity contribution in [3.05, 3.63) is 54.2 Å². The number of aliphatic carboxylic acids is 2. The van der Waals surface area contributed by atoms with Gasteiger partial charge in [0.15, 0.2) is 0 Å². The van der Waals surface area contributed by atoms with E-state index in [2.05, 4.69) is 72.1 Å². The summed E-state index contributed by atoms with van der Waals surface area (Å²) in [5.41, 5.74) is 7.48. The SMILES string of the molecule is CC(C)C[C@H](NC(=O)[C@H](Cc1cnc[nH]1)NC(=O)[C@H](Cc1c[nH]c2ccccc12)NC(=O)[C@H](CO)NC(=O)[C@@H](N)CS)C(=O)N[C@@H](CS)C(=O)N[C@@H](CCC(=O)O)C(=O)O. The summed E-state index contributed by atoms with van der Waals surface area (Å²) in [5, 5.41) is 44.0. The molecule has 0 bridgehead atoms. The lowest BCUT2D eigenvalue weighted by molar-refractivity contribution is -0.143. The molecule has 1 aromatic carbocycles. The molecule has 60 heavy (non-hydrogen) atoms. The number of carboxylic acids is 2. The van der Waals surface area contributed by atoms with Gasteiger partial charge in [0, 0.05) is 59.8 Å². The molecule has 21 nitrogen and oxygen atoms in total. The Bertz CT molecular complexity index is 1960. The minimum atomic E-state index is -1.57. The van der Waals surface area contributed by atoms with Gasteiger partial charge in [0.25, 0.3) is 0 Å². The number of fused-ring (bicyclic) bond motifs is 1. The van der Waals surface area contributed by atoms with Crippen LogP contribution in [0.15, 0.2) is 43.0 Å². The van der Waals surface area contributed by atoms with Crippen LogP contribution < -0.4 is 37.6 Å². The number of hydrogen-bond donors (Lipinski definition) is 14. The number of nitrogens with one attached hydrogen (secondary N) is 8. The van der Waals surface area contributed by atoms with E-state index in [1.165, 1.54) is 12.5 Å². The van der Waals surface area contributed by atoms with Crippen LogP contribution in [-0.4, -0.2) is 138 Å². The Labute approximate surface area is 355 Å². The minimum Gasteiger partial charge on any atom is -0.481 e. The van der Waals surface area contributed by atoms with Crippen molar-refractivity contribution >= 4 is 83.5 Å². The van der Waals surface area contributed by atoms with Crippen LogP contribution in [0.25, 0.3) is 10.9 Å². The number of aromatic nitrogens is 3. The van der Waals surface area contributed by atoms with E-state index in [9.17, 15) is 48.6 Å². The second-order valence-corrected chi connectivity index (χ2v) is 15.0. The predicted molar refractivity (Wildman–Crippen MR) is 223 cm³/mol. The Morgan fingerprint density at radius 2 is 1.27 bits per heavy atom. The van der Waals surface area contributed by atoms with Gasteiger partial charge in [0.05, 0.1) is 19.0 Å². The highest BCUT2D eigenvalue weighted by molar-refractivity contribution is 7.80. The van der Waals surface area contributed by atoms with Crippen LogP contribution in [0.5, 0.6) is 0 Å². The summed E-state index contributed by atoms with van der Waals surface area (Å²) in [7, 11) is 0. The first-order chi connectivity index (χ1) is 28.5. The third-order valence-corrected chi connectivity index (χ3v) is 9.87. The molecule has 7 atom stereocenters. The van der Waals surface area contributed by atoms with Crippen LogP contribution in [0.4, 0.5) is 0 Å². The monoisotopic (exact) mass is 876 g/mol. The Kier molecular flexibility index (Phi) is 19.3. The number of carbonyl (C=O) groups excluding carboxylic acids is 6. The molecule has 0 saturated carbocycles. The zero-order chi connectivity index (χ0) is 44.5. The lowest BCUT2D eigenvalue weighted by Crippen LogP contribution is -2.61. The van der Waals surface area contributed by atoms with Crippen molar-refractivity contribution in [3.8, 4) is 0 Å². The average molecular weight is 877 g/mol. The van der Waals surface area contributed by atoms with Gasteiger partial charge in [-0.25, -0.2) is 9.78 Å². The Hall–Kier alpha value is -5.65. The largest absolute Gasteiger partial charge is 0.481 e. The number of thiol groups is 2. The normalized spacial score (nSPS) is 14.7. The summed E-state index contributed by atoms with van der Waals surface area (Å²) in [4.78, 5) is 114. The molecular formula is C37H52N10O11S2. The first-order valence-corrected chi connectivity index (χ1v) is 20.1. The molecule has 2 aromatic heterocycles. The predicted octanol–water partition coefficient (Wildman–Crippen LogP) is -2.24. The summed E-state index contributed by atoms with van der Waals surface area (Å²) in [6, 6.07) is -2.47. The number of nitrogens with two attached hydrogens (primary N) is 1. The summed E-state index contributed by atoms with van der Waals surface area (Å²) in [5.74, 6) is -8.49. The van der Waals surface area contributed by atoms with Crippen molar-refractivity contribution in [2.75, 3.05) is 18.1 Å². The number of aromatic amines is 2. The molecule has 328 valence electrons. The molecule has 0 radical (unpaired) electrons. The second kappa shape index (κ2) is 23.8. The fraction of sp³-hybridized carbons (Fsp3) is 0.486. The summed E-state index contributed by atoms with van der Waals surface area (Å²) in [6.45, 7) is 2.69. The molecule has 0 spiro atoms. The van der Waals surface area contributed by atoms with E-state index >= 15 is 0 Å². The molecule has 0 saturated heterocycles. The number of aliphatic hydroxyl groups is 1. The average Bonchev–Trinajstić information content (AvgIpc) is 3.88. The smallest absolute Gasteiger partial charge is 0.326 e. The molecule has 0 aliphatic heterocycles. The molecule has 3 rings (SSSR count). The summed E-state index contributed by atoms with van der Waals surface area (Å²) >= 11 is 8.11. The molecule has 0 aliphatic carbocycles. The van der Waals surface area contributed by atoms with Gasteiger partial charge < -0.3 is 62.9 Å². The topological polar surface area (TPSA) is 340 Å². The fourth-order valence-electron chi connectivity index (χ4n) is 5.89. The van der Waals surface area contributed by atoms with Gasteiger partial charge in [0.2, 0.25) is 35.4 Å². The van der Waals surface area contributed by atoms with E-state index in [-0.39, 0.29) is 36.7 Å². The van der Waals surface area contributed by atoms with Crippen molar-refractivity contribution in [1.29, 1.82) is 0 Å². The maximum atomic E-state index is 14.2. The van der Waals surface area contributed by atoms with Gasteiger partial charge in [0.1, 0.15) is 36.3 Å². The summed E-state index contributed by atoms with van der Waals surface area (Å²) < 4.78 is 0. The third kappa shape index (κ3) is 14.9. The van der Waals surface area contributed by atoms with Gasteiger partial charge in [-0.05, 0) is 30.4 Å². The molecule has 0 unspecified atom stereocenters. The molecule has 3 aromatic rings. The number of amides is 6. The standard InChI is InChI=1S/C37H52N10O11S2/c1-18(2)9-25(32(52)47-29(16-60)36(56)42-24(37(57)58)7-8-30(49)50)43-34(54)27(11-20-13-39-17-41-20)45-33(53)26(10-19-12-40-23-6-4-3-5-21(19)23)44-35(55)28(14-48)46-31(51)22(38)15-59/h3-6,12-13,17-18,22,24-29,40,48,59-60H,7-11,14-16,38H2,1-2H3,(H,39,41)(H,42,56)(H,43,54)(H,44,55)(H,45,53)(H,46,51)(H,47,52)(H,49,50)(H,57,58)/t22-,24-,25-,26-,27-,28-,29-/m0/s1. The van der Waals surface area contributed by atoms with E-state index in [1.54, 1.807) is 38.2 Å². The maximum Gasteiger partial charge on any atom is 0.326 e. The second-order valence-electron chi connectivity index (χ2n) is 14.3. The van der Waals surface area contributed by atoms with Crippen molar-refractivity contribution in [1.82, 2.24) is 46.9 Å². The number of aliphatic hydroxyl groups excluding tert-OH is 1. The number of hydrogen-bond acceptors (Lipinski definition) is 13. The number of H-pyrrole nitrogens is 2. The van der Waals surface area contributed by atoms with E-state index in [4.69, 9.17) is 10.8 Å². The highest BCUT2D eigenvalue weighted by Gasteiger charge is 2.34. The minimum absolute atomic E-state index is 0.0456. The van der Waals surface area contributed by atoms with Crippen LogP contribution in [0.2, 0.25) is 0 Å². The lowest BCUT2D eigenvalue weighted by Gasteiger charge is -2.27. The number of nitrogens with zero attached hydrogens (tertiary/aromatic N) is 1. The van der Waals surface area contributed by atoms with Crippen molar-refractivity contribution < 1.29 is 53.7 Å². The molecular weight excluding hydrogens is 825 g/mol. The molecule has 0 aliphatic rings. The maximum absolute atomic E-state index is 14.2. The first-order valence-electron chi connectivity index (χ1n) is 18.8. The third-order valence-electron chi connectivity index (χ3n) is 9.11. The van der Waals surface area contributed by atoms with E-state index < -0.39 is 109 Å². The number of imidazole rings is 1. The van der Waals surface area contributed by atoms with E-state index in [1.807, 2.05) is 6.07 Å². The van der Waals surface area contributed by atoms with Crippen LogP contribution >= 0.6 is 25.3 Å². The van der Waals surface area contributed by atoms with Crippen molar-refractivity contribution in [3.63, 3.8) is 0 Å². The number of rotatable bonds is 25. The zero-order valence-corrected chi connectivity index (χ0v) is 34.6. The number of benzene rings is 1. The molecule has 6 amide bonds. The van der Waals surface area contributed by atoms with Gasteiger partial charge in [-0.2, -0.15) is 25.3 Å². The number of carbonyl (C=O) groups is 8. The molecule has 0 fully saturated rings. The Balaban J connectivity index is 1.89. The van der Waals surface area contributed by atoms with Crippen LogP contribution in [0.3, 0.4) is 0 Å². The Morgan fingerprint density at radius 3 is 1.83 bits per heavy atom. The van der Waals surface area contributed by atoms with E-state index in [0.717, 1.165) is 10.9 Å². The van der Waals surface area contributed by atoms with Crippen LogP contribution in [0.1, 0.15) is 44.4 Å². The van der Waals surface area contributed by atoms with Crippen LogP contribution in [0, 0.1) is 5.92 Å². The zero-order valence-electron chi connectivity index (χ0n) is 32.8. The highest BCUT2D eigenvalue weighted by Crippen LogP contribution is 2.19. The van der Waals surface area contributed by atoms with Gasteiger partial charge in [-0.1, -0.05) is 32.0 Å². The van der Waals surface area contributed by atoms with Crippen molar-refractivity contribution in [2.45, 2.75) is 88.2 Å². The van der Waals surface area contributed by atoms with Crippen molar-refractivity contribution in [2.24, 2.45) is 11.7 Å². The Morgan fingerprint density at radius 1 is 0.717 bits per heavy atom. The summed E-state index contributed by atoms with van der Waals surface area (Å²) in [6.07, 6.45) is 3.20. The molecule has 13 N–H and O–H groups in total. The number of carboxylic acid groups (broad SMARTS) is 2.